The first-order chi connectivity index (χ1) is 9.70. The van der Waals surface area contributed by atoms with Gasteiger partial charge in [0, 0.05) is 23.6 Å². The molecule has 0 spiro atoms. The Morgan fingerprint density at radius 2 is 2.15 bits per heavy atom. The Morgan fingerprint density at radius 1 is 1.30 bits per heavy atom. The molecule has 0 aliphatic heterocycles. The van der Waals surface area contributed by atoms with Crippen LogP contribution in [0.5, 0.6) is 0 Å². The van der Waals surface area contributed by atoms with Crippen LogP contribution in [0.4, 0.5) is 0 Å². The molecule has 0 saturated carbocycles. The van der Waals surface area contributed by atoms with Crippen LogP contribution in [0.2, 0.25) is 5.02 Å². The molecule has 0 amide bonds. The minimum Gasteiger partial charge on any atom is -0.308 e. The van der Waals surface area contributed by atoms with Crippen LogP contribution in [-0.2, 0) is 6.42 Å². The first-order valence-corrected chi connectivity index (χ1v) is 7.33. The van der Waals surface area contributed by atoms with Gasteiger partial charge in [0.05, 0.1) is 11.7 Å². The van der Waals surface area contributed by atoms with Crippen LogP contribution < -0.4 is 5.32 Å². The fourth-order valence-corrected chi connectivity index (χ4v) is 2.44. The van der Waals surface area contributed by atoms with Gasteiger partial charge >= 0.3 is 0 Å². The maximum absolute atomic E-state index is 6.33. The lowest BCUT2D eigenvalue weighted by Crippen LogP contribution is -2.25. The fourth-order valence-electron chi connectivity index (χ4n) is 2.13. The number of nitrogens with one attached hydrogen (secondary N) is 1. The van der Waals surface area contributed by atoms with Crippen molar-refractivity contribution in [3.05, 3.63) is 58.6 Å². The normalized spacial score (nSPS) is 12.3. The Kier molecular flexibility index (Phi) is 5.50. The van der Waals surface area contributed by atoms with E-state index in [2.05, 4.69) is 34.3 Å². The molecule has 1 aromatic heterocycles. The third kappa shape index (κ3) is 4.02. The molecule has 1 aromatic carbocycles. The number of nitrogens with zero attached hydrogens (tertiary/aromatic N) is 2. The van der Waals surface area contributed by atoms with Gasteiger partial charge in [-0.1, -0.05) is 30.7 Å². The van der Waals surface area contributed by atoms with E-state index in [1.54, 1.807) is 12.4 Å². The molecular formula is C16H20ClN3. The lowest BCUT2D eigenvalue weighted by atomic mass is 10.0. The Morgan fingerprint density at radius 3 is 2.80 bits per heavy atom. The molecule has 2 rings (SSSR count). The van der Waals surface area contributed by atoms with Crippen LogP contribution in [0.15, 0.2) is 36.8 Å². The number of rotatable bonds is 6. The molecular weight excluding hydrogens is 270 g/mol. The van der Waals surface area contributed by atoms with E-state index in [-0.39, 0.29) is 6.04 Å². The fraction of sp³-hybridized carbons (Fsp3) is 0.375. The Hall–Kier alpha value is -1.45. The number of hydrogen-bond donors (Lipinski definition) is 1. The van der Waals surface area contributed by atoms with E-state index in [1.165, 1.54) is 5.56 Å². The minimum atomic E-state index is 0.142. The maximum atomic E-state index is 6.33. The van der Waals surface area contributed by atoms with Gasteiger partial charge < -0.3 is 5.32 Å². The van der Waals surface area contributed by atoms with Crippen molar-refractivity contribution in [2.75, 3.05) is 6.54 Å². The topological polar surface area (TPSA) is 37.8 Å². The van der Waals surface area contributed by atoms with Gasteiger partial charge in [0.25, 0.3) is 0 Å². The molecule has 0 bridgehead atoms. The summed E-state index contributed by atoms with van der Waals surface area (Å²) in [4.78, 5) is 8.56. The van der Waals surface area contributed by atoms with Crippen molar-refractivity contribution in [3.8, 4) is 0 Å². The van der Waals surface area contributed by atoms with E-state index in [9.17, 15) is 0 Å². The summed E-state index contributed by atoms with van der Waals surface area (Å²) in [6.07, 6.45) is 7.14. The zero-order valence-electron chi connectivity index (χ0n) is 11.9. The number of benzene rings is 1. The van der Waals surface area contributed by atoms with Crippen molar-refractivity contribution in [3.63, 3.8) is 0 Å². The van der Waals surface area contributed by atoms with Gasteiger partial charge in [-0.3, -0.25) is 9.97 Å². The summed E-state index contributed by atoms with van der Waals surface area (Å²) < 4.78 is 0. The molecule has 0 aliphatic carbocycles. The second-order valence-corrected chi connectivity index (χ2v) is 5.34. The standard InChI is InChI=1S/C16H20ClN3/c1-3-6-19-15(16-11-18-7-8-20-16)10-13-5-4-12(2)9-14(13)17/h4-5,7-9,11,15,19H,3,6,10H2,1-2H3. The van der Waals surface area contributed by atoms with Gasteiger partial charge in [0.1, 0.15) is 0 Å². The summed E-state index contributed by atoms with van der Waals surface area (Å²) in [6, 6.07) is 6.33. The average Bonchev–Trinajstić information content (AvgIpc) is 2.46. The molecule has 20 heavy (non-hydrogen) atoms. The van der Waals surface area contributed by atoms with Gasteiger partial charge in [-0.2, -0.15) is 0 Å². The van der Waals surface area contributed by atoms with E-state index in [4.69, 9.17) is 11.6 Å². The highest BCUT2D eigenvalue weighted by Crippen LogP contribution is 2.23. The summed E-state index contributed by atoms with van der Waals surface area (Å²) in [5.74, 6) is 0. The van der Waals surface area contributed by atoms with Crippen molar-refractivity contribution < 1.29 is 0 Å². The third-order valence-electron chi connectivity index (χ3n) is 3.21. The van der Waals surface area contributed by atoms with E-state index in [0.717, 1.165) is 35.7 Å². The van der Waals surface area contributed by atoms with Crippen LogP contribution in [-0.4, -0.2) is 16.5 Å². The van der Waals surface area contributed by atoms with E-state index in [1.807, 2.05) is 19.2 Å². The highest BCUT2D eigenvalue weighted by Gasteiger charge is 2.14. The minimum absolute atomic E-state index is 0.142. The molecule has 2 aromatic rings. The molecule has 4 heteroatoms. The summed E-state index contributed by atoms with van der Waals surface area (Å²) >= 11 is 6.33. The molecule has 1 N–H and O–H groups in total. The molecule has 1 heterocycles. The average molecular weight is 290 g/mol. The van der Waals surface area contributed by atoms with E-state index >= 15 is 0 Å². The van der Waals surface area contributed by atoms with Gasteiger partial charge in [-0.15, -0.1) is 0 Å². The zero-order chi connectivity index (χ0) is 14.4. The van der Waals surface area contributed by atoms with Crippen LogP contribution >= 0.6 is 11.6 Å². The quantitative estimate of drug-likeness (QED) is 0.881. The Balaban J connectivity index is 2.19. The zero-order valence-corrected chi connectivity index (χ0v) is 12.7. The van der Waals surface area contributed by atoms with Gasteiger partial charge in [-0.25, -0.2) is 0 Å². The van der Waals surface area contributed by atoms with E-state index in [0.29, 0.717) is 0 Å². The molecule has 1 unspecified atom stereocenters. The number of hydrogen-bond acceptors (Lipinski definition) is 3. The van der Waals surface area contributed by atoms with Crippen LogP contribution in [0.1, 0.15) is 36.2 Å². The predicted molar refractivity (Wildman–Crippen MR) is 83.0 cm³/mol. The predicted octanol–water partition coefficient (Wildman–Crippen LogP) is 3.72. The van der Waals surface area contributed by atoms with Crippen molar-refractivity contribution in [2.45, 2.75) is 32.7 Å². The molecule has 0 fully saturated rings. The molecule has 1 atom stereocenters. The van der Waals surface area contributed by atoms with Gasteiger partial charge in [-0.05, 0) is 43.5 Å². The summed E-state index contributed by atoms with van der Waals surface area (Å²) in [5.41, 5.74) is 3.27. The summed E-state index contributed by atoms with van der Waals surface area (Å²) in [5, 5.41) is 4.33. The Labute approximate surface area is 125 Å². The van der Waals surface area contributed by atoms with Crippen molar-refractivity contribution in [2.24, 2.45) is 0 Å². The highest BCUT2D eigenvalue weighted by molar-refractivity contribution is 6.31. The largest absolute Gasteiger partial charge is 0.308 e. The highest BCUT2D eigenvalue weighted by atomic mass is 35.5. The number of aryl methyl sites for hydroxylation is 1. The van der Waals surface area contributed by atoms with Crippen LogP contribution in [0, 0.1) is 6.92 Å². The Bertz CT molecular complexity index is 543. The van der Waals surface area contributed by atoms with Crippen molar-refractivity contribution in [1.82, 2.24) is 15.3 Å². The second kappa shape index (κ2) is 7.36. The molecule has 106 valence electrons. The third-order valence-corrected chi connectivity index (χ3v) is 3.57. The summed E-state index contributed by atoms with van der Waals surface area (Å²) in [7, 11) is 0. The first-order valence-electron chi connectivity index (χ1n) is 6.95. The summed E-state index contributed by atoms with van der Waals surface area (Å²) in [6.45, 7) is 5.15. The van der Waals surface area contributed by atoms with Crippen molar-refractivity contribution in [1.29, 1.82) is 0 Å². The second-order valence-electron chi connectivity index (χ2n) is 4.94. The molecule has 0 radical (unpaired) electrons. The molecule has 0 saturated heterocycles. The van der Waals surface area contributed by atoms with Gasteiger partial charge in [0.2, 0.25) is 0 Å². The lowest BCUT2D eigenvalue weighted by molar-refractivity contribution is 0.516. The molecule has 3 nitrogen and oxygen atoms in total. The SMILES string of the molecule is CCCNC(Cc1ccc(C)cc1Cl)c1cnccn1. The smallest absolute Gasteiger partial charge is 0.0759 e. The monoisotopic (exact) mass is 289 g/mol. The number of halogens is 1. The van der Waals surface area contributed by atoms with Crippen LogP contribution in [0.25, 0.3) is 0 Å². The van der Waals surface area contributed by atoms with Gasteiger partial charge in [0.15, 0.2) is 0 Å². The lowest BCUT2D eigenvalue weighted by Gasteiger charge is -2.18. The van der Waals surface area contributed by atoms with Crippen LogP contribution in [0.3, 0.4) is 0 Å². The first kappa shape index (κ1) is 14.9. The molecule has 0 aliphatic rings. The van der Waals surface area contributed by atoms with E-state index < -0.39 is 0 Å². The number of aromatic nitrogens is 2. The van der Waals surface area contributed by atoms with Crippen molar-refractivity contribution >= 4 is 11.6 Å². The maximum Gasteiger partial charge on any atom is 0.0759 e.